The minimum atomic E-state index is -0.428. The van der Waals surface area contributed by atoms with E-state index in [9.17, 15) is 4.79 Å². The molecule has 10 heteroatoms. The number of benzene rings is 3. The van der Waals surface area contributed by atoms with Gasteiger partial charge in [0.1, 0.15) is 11.8 Å². The second kappa shape index (κ2) is 11.7. The molecule has 1 aliphatic heterocycles. The van der Waals surface area contributed by atoms with E-state index in [2.05, 4.69) is 55.4 Å². The molecule has 1 N–H and O–H groups in total. The van der Waals surface area contributed by atoms with Crippen LogP contribution in [0.15, 0.2) is 77.6 Å². The van der Waals surface area contributed by atoms with Crippen molar-refractivity contribution in [1.29, 1.82) is 0 Å². The summed E-state index contributed by atoms with van der Waals surface area (Å²) >= 11 is 6.33. The van der Waals surface area contributed by atoms with E-state index >= 15 is 0 Å². The average Bonchev–Trinajstić information content (AvgIpc) is 3.46. The fraction of sp³-hybridized carbons (Fsp3) is 0.290. The number of H-pyrrole nitrogens is 1. The van der Waals surface area contributed by atoms with Gasteiger partial charge in [-0.25, -0.2) is 4.68 Å². The van der Waals surface area contributed by atoms with Gasteiger partial charge in [-0.3, -0.25) is 9.69 Å². The number of piperazine rings is 1. The van der Waals surface area contributed by atoms with Crippen molar-refractivity contribution >= 4 is 28.2 Å². The molecule has 6 rings (SSSR count). The topological polar surface area (TPSA) is 92.2 Å². The highest BCUT2D eigenvalue weighted by molar-refractivity contribution is 6.30. The lowest BCUT2D eigenvalue weighted by molar-refractivity contribution is 0.199. The Hall–Kier alpha value is -4.21. The summed E-state index contributed by atoms with van der Waals surface area (Å²) in [5.41, 5.74) is 4.73. The molecule has 0 spiro atoms. The summed E-state index contributed by atoms with van der Waals surface area (Å²) in [6, 6.07) is 23.4. The number of fused-ring (bicyclic) bond motifs is 1. The molecule has 3 aromatic carbocycles. The van der Waals surface area contributed by atoms with Crippen molar-refractivity contribution < 1.29 is 4.74 Å². The number of ether oxygens (including phenoxy) is 1. The van der Waals surface area contributed by atoms with Gasteiger partial charge in [-0.15, -0.1) is 5.10 Å². The van der Waals surface area contributed by atoms with Crippen LogP contribution in [0.1, 0.15) is 28.6 Å². The Morgan fingerprint density at radius 1 is 1.00 bits per heavy atom. The van der Waals surface area contributed by atoms with Crippen molar-refractivity contribution in [3.05, 3.63) is 111 Å². The molecule has 9 nitrogen and oxygen atoms in total. The SMILES string of the molecule is COc1ccc2[nH]c(=O)c([C@@H](c3nnnn3CCc3ccccc3)N3CCN(c4cc(Cl)ccc4C)CC3)cc2c1. The minimum Gasteiger partial charge on any atom is -0.497 e. The number of tetrazole rings is 1. The summed E-state index contributed by atoms with van der Waals surface area (Å²) in [6.07, 6.45) is 0.776. The highest BCUT2D eigenvalue weighted by atomic mass is 35.5. The van der Waals surface area contributed by atoms with Crippen molar-refractivity contribution in [2.45, 2.75) is 25.9 Å². The number of methoxy groups -OCH3 is 1. The molecule has 5 aromatic rings. The number of halogens is 1. The molecule has 0 aliphatic carbocycles. The summed E-state index contributed by atoms with van der Waals surface area (Å²) in [6.45, 7) is 5.70. The average molecular weight is 570 g/mol. The lowest BCUT2D eigenvalue weighted by atomic mass is 10.0. The van der Waals surface area contributed by atoms with Gasteiger partial charge in [-0.2, -0.15) is 0 Å². The van der Waals surface area contributed by atoms with E-state index in [-0.39, 0.29) is 5.56 Å². The van der Waals surface area contributed by atoms with Crippen molar-refractivity contribution in [3.8, 4) is 5.75 Å². The first-order chi connectivity index (χ1) is 20.0. The van der Waals surface area contributed by atoms with Gasteiger partial charge in [-0.05, 0) is 71.3 Å². The predicted molar refractivity (Wildman–Crippen MR) is 161 cm³/mol. The number of nitrogens with zero attached hydrogens (tertiary/aromatic N) is 6. The number of rotatable bonds is 8. The van der Waals surface area contributed by atoms with Gasteiger partial charge in [0.25, 0.3) is 5.56 Å². The Morgan fingerprint density at radius 3 is 2.59 bits per heavy atom. The van der Waals surface area contributed by atoms with Crippen LogP contribution >= 0.6 is 11.6 Å². The highest BCUT2D eigenvalue weighted by Crippen LogP contribution is 2.31. The summed E-state index contributed by atoms with van der Waals surface area (Å²) in [4.78, 5) is 21.3. The largest absolute Gasteiger partial charge is 0.497 e. The first kappa shape index (κ1) is 27.0. The Kier molecular flexibility index (Phi) is 7.71. The van der Waals surface area contributed by atoms with Gasteiger partial charge >= 0.3 is 0 Å². The zero-order valence-electron chi connectivity index (χ0n) is 23.1. The minimum absolute atomic E-state index is 0.154. The van der Waals surface area contributed by atoms with Crippen LogP contribution in [0, 0.1) is 6.92 Å². The van der Waals surface area contributed by atoms with Crippen LogP contribution in [0.4, 0.5) is 5.69 Å². The van der Waals surface area contributed by atoms with Crippen molar-refractivity contribution in [3.63, 3.8) is 0 Å². The molecule has 0 radical (unpaired) electrons. The van der Waals surface area contributed by atoms with E-state index in [1.807, 2.05) is 59.3 Å². The van der Waals surface area contributed by atoms with Crippen LogP contribution in [0.3, 0.4) is 0 Å². The number of hydrogen-bond donors (Lipinski definition) is 1. The van der Waals surface area contributed by atoms with Crippen LogP contribution in [0.5, 0.6) is 5.75 Å². The van der Waals surface area contributed by atoms with E-state index < -0.39 is 6.04 Å². The molecule has 0 saturated carbocycles. The third kappa shape index (κ3) is 5.68. The van der Waals surface area contributed by atoms with Crippen LogP contribution in [0.2, 0.25) is 5.02 Å². The number of pyridine rings is 1. The van der Waals surface area contributed by atoms with Gasteiger partial charge in [0.2, 0.25) is 0 Å². The van der Waals surface area contributed by atoms with Gasteiger partial charge < -0.3 is 14.6 Å². The van der Waals surface area contributed by atoms with E-state index in [0.29, 0.717) is 17.9 Å². The van der Waals surface area contributed by atoms with Crippen LogP contribution in [-0.4, -0.2) is 63.4 Å². The fourth-order valence-electron chi connectivity index (χ4n) is 5.62. The van der Waals surface area contributed by atoms with Gasteiger partial charge in [-0.1, -0.05) is 48.0 Å². The van der Waals surface area contributed by atoms with Gasteiger partial charge in [0, 0.05) is 59.9 Å². The van der Waals surface area contributed by atoms with Crippen LogP contribution in [-0.2, 0) is 13.0 Å². The maximum absolute atomic E-state index is 13.6. The molecule has 210 valence electrons. The maximum Gasteiger partial charge on any atom is 0.253 e. The van der Waals surface area contributed by atoms with E-state index in [0.717, 1.165) is 60.0 Å². The normalized spacial score (nSPS) is 14.9. The molecular formula is C31H32ClN7O2. The molecule has 3 heterocycles. The lowest BCUT2D eigenvalue weighted by Crippen LogP contribution is -2.49. The Morgan fingerprint density at radius 2 is 1.80 bits per heavy atom. The zero-order chi connectivity index (χ0) is 28.3. The quantitative estimate of drug-likeness (QED) is 0.291. The van der Waals surface area contributed by atoms with Crippen LogP contribution in [0.25, 0.3) is 10.9 Å². The molecule has 0 bridgehead atoms. The number of aryl methyl sites for hydroxylation is 3. The molecule has 1 aliphatic rings. The lowest BCUT2D eigenvalue weighted by Gasteiger charge is -2.40. The molecule has 0 unspecified atom stereocenters. The standard InChI is InChI=1S/C31H32ClN7O2/c1-21-8-9-24(32)20-28(21)37-14-16-38(17-15-37)29(26-19-23-18-25(41-2)10-11-27(23)33-31(26)40)30-34-35-36-39(30)13-12-22-6-4-3-5-7-22/h3-11,18-20,29H,12-17H2,1-2H3,(H,33,40)/t29-/m0/s1. The predicted octanol–water partition coefficient (Wildman–Crippen LogP) is 4.64. The van der Waals surface area contributed by atoms with Crippen LogP contribution < -0.4 is 15.2 Å². The summed E-state index contributed by atoms with van der Waals surface area (Å²) in [5, 5.41) is 14.5. The smallest absolute Gasteiger partial charge is 0.253 e. The zero-order valence-corrected chi connectivity index (χ0v) is 23.9. The Bertz CT molecular complexity index is 1710. The number of aromatic amines is 1. The Balaban J connectivity index is 1.36. The number of aromatic nitrogens is 5. The molecule has 41 heavy (non-hydrogen) atoms. The molecular weight excluding hydrogens is 538 g/mol. The van der Waals surface area contributed by atoms with E-state index in [4.69, 9.17) is 16.3 Å². The summed E-state index contributed by atoms with van der Waals surface area (Å²) < 4.78 is 7.29. The molecule has 1 saturated heterocycles. The third-order valence-electron chi connectivity index (χ3n) is 7.83. The van der Waals surface area contributed by atoms with Crippen molar-refractivity contribution in [1.82, 2.24) is 30.1 Å². The number of anilines is 1. The highest BCUT2D eigenvalue weighted by Gasteiger charge is 2.33. The molecule has 0 amide bonds. The molecule has 1 atom stereocenters. The number of nitrogens with one attached hydrogen (secondary N) is 1. The number of hydrogen-bond acceptors (Lipinski definition) is 7. The fourth-order valence-corrected chi connectivity index (χ4v) is 5.79. The summed E-state index contributed by atoms with van der Waals surface area (Å²) in [5.74, 6) is 1.38. The molecule has 1 fully saturated rings. The monoisotopic (exact) mass is 569 g/mol. The second-order valence-electron chi connectivity index (χ2n) is 10.4. The Labute approximate surface area is 243 Å². The van der Waals surface area contributed by atoms with Crippen molar-refractivity contribution in [2.24, 2.45) is 0 Å². The third-order valence-corrected chi connectivity index (χ3v) is 8.06. The van der Waals surface area contributed by atoms with E-state index in [1.54, 1.807) is 7.11 Å². The maximum atomic E-state index is 13.6. The van der Waals surface area contributed by atoms with E-state index in [1.165, 1.54) is 11.1 Å². The summed E-state index contributed by atoms with van der Waals surface area (Å²) in [7, 11) is 1.64. The van der Waals surface area contributed by atoms with Gasteiger partial charge in [0.05, 0.1) is 7.11 Å². The van der Waals surface area contributed by atoms with Gasteiger partial charge in [0.15, 0.2) is 5.82 Å². The first-order valence-electron chi connectivity index (χ1n) is 13.8. The van der Waals surface area contributed by atoms with Crippen molar-refractivity contribution in [2.75, 3.05) is 38.2 Å². The molecule has 2 aromatic heterocycles. The second-order valence-corrected chi connectivity index (χ2v) is 10.8. The first-order valence-corrected chi connectivity index (χ1v) is 14.1.